The summed E-state index contributed by atoms with van der Waals surface area (Å²) in [6, 6.07) is 7.62. The molecule has 1 N–H and O–H groups in total. The Hall–Kier alpha value is -2.61. The van der Waals surface area contributed by atoms with Crippen molar-refractivity contribution in [2.75, 3.05) is 33.8 Å². The Labute approximate surface area is 191 Å². The molecule has 1 aromatic carbocycles. The van der Waals surface area contributed by atoms with Crippen molar-refractivity contribution >= 4 is 18.0 Å². The van der Waals surface area contributed by atoms with E-state index in [0.29, 0.717) is 19.4 Å². The first-order chi connectivity index (χ1) is 14.9. The summed E-state index contributed by atoms with van der Waals surface area (Å²) >= 11 is 0. The number of hydrogen-bond donors (Lipinski definition) is 1. The smallest absolute Gasteiger partial charge is 0.410 e. The van der Waals surface area contributed by atoms with Crippen LogP contribution in [0.1, 0.15) is 51.7 Å². The second kappa shape index (κ2) is 10.8. The van der Waals surface area contributed by atoms with Gasteiger partial charge in [-0.05, 0) is 57.8 Å². The van der Waals surface area contributed by atoms with Gasteiger partial charge in [0.25, 0.3) is 0 Å². The molecule has 1 aliphatic heterocycles. The minimum atomic E-state index is -0.584. The monoisotopic (exact) mass is 447 g/mol. The van der Waals surface area contributed by atoms with Crippen LogP contribution >= 0.6 is 0 Å². The summed E-state index contributed by atoms with van der Waals surface area (Å²) in [5.74, 6) is -0.515. The number of amides is 2. The molecule has 1 aromatic rings. The van der Waals surface area contributed by atoms with Crippen LogP contribution in [0.5, 0.6) is 0 Å². The number of ether oxygens (including phenoxy) is 2. The van der Waals surface area contributed by atoms with E-state index in [1.807, 2.05) is 52.0 Å². The number of rotatable bonds is 7. The number of carbonyl (C=O) groups excluding carboxylic acids is 3. The molecule has 8 heteroatoms. The van der Waals surface area contributed by atoms with Crippen molar-refractivity contribution in [1.82, 2.24) is 15.1 Å². The lowest BCUT2D eigenvalue weighted by Crippen LogP contribution is -2.49. The van der Waals surface area contributed by atoms with Gasteiger partial charge in [0.2, 0.25) is 5.91 Å². The lowest BCUT2D eigenvalue weighted by atomic mass is 9.79. The van der Waals surface area contributed by atoms with Crippen LogP contribution in [0.2, 0.25) is 0 Å². The molecule has 8 nitrogen and oxygen atoms in total. The Bertz CT molecular complexity index is 812. The maximum atomic E-state index is 13.5. The third kappa shape index (κ3) is 7.22. The topological polar surface area (TPSA) is 88.2 Å². The standard InChI is InChI=1S/C24H37N3O5/c1-23(2,3)32-22(30)26(5)15-18-9-7-8-10-19(18)16-27(17-20(28)31-6)21(29)24(4)11-13-25-14-12-24/h7-10,25H,11-17H2,1-6H3. The van der Waals surface area contributed by atoms with Crippen molar-refractivity contribution in [2.45, 2.75) is 59.2 Å². The molecule has 1 aliphatic rings. The van der Waals surface area contributed by atoms with Crippen molar-refractivity contribution in [3.63, 3.8) is 0 Å². The van der Waals surface area contributed by atoms with Gasteiger partial charge in [-0.3, -0.25) is 9.59 Å². The minimum Gasteiger partial charge on any atom is -0.468 e. The van der Waals surface area contributed by atoms with E-state index in [9.17, 15) is 14.4 Å². The number of carbonyl (C=O) groups is 3. The third-order valence-corrected chi connectivity index (χ3v) is 5.65. The highest BCUT2D eigenvalue weighted by Crippen LogP contribution is 2.31. The summed E-state index contributed by atoms with van der Waals surface area (Å²) in [6.45, 7) is 9.44. The average molecular weight is 448 g/mol. The zero-order chi connectivity index (χ0) is 23.9. The molecule has 0 aromatic heterocycles. The number of hydrogen-bond acceptors (Lipinski definition) is 6. The zero-order valence-electron chi connectivity index (χ0n) is 20.2. The Morgan fingerprint density at radius 3 is 2.16 bits per heavy atom. The summed E-state index contributed by atoms with van der Waals surface area (Å²) in [4.78, 5) is 41.1. The van der Waals surface area contributed by atoms with Crippen molar-refractivity contribution in [3.8, 4) is 0 Å². The number of benzene rings is 1. The number of esters is 1. The van der Waals surface area contributed by atoms with Crippen LogP contribution in [-0.2, 0) is 32.2 Å². The fraction of sp³-hybridized carbons (Fsp3) is 0.625. The maximum absolute atomic E-state index is 13.5. The largest absolute Gasteiger partial charge is 0.468 e. The molecule has 0 bridgehead atoms. The normalized spacial score (nSPS) is 15.6. The van der Waals surface area contributed by atoms with Crippen molar-refractivity contribution in [3.05, 3.63) is 35.4 Å². The van der Waals surface area contributed by atoms with Gasteiger partial charge in [-0.2, -0.15) is 0 Å². The molecule has 178 valence electrons. The molecule has 0 saturated carbocycles. The quantitative estimate of drug-likeness (QED) is 0.647. The summed E-state index contributed by atoms with van der Waals surface area (Å²) < 4.78 is 10.3. The predicted molar refractivity (Wildman–Crippen MR) is 122 cm³/mol. The van der Waals surface area contributed by atoms with Crippen molar-refractivity contribution in [1.29, 1.82) is 0 Å². The van der Waals surface area contributed by atoms with Gasteiger partial charge in [0.15, 0.2) is 0 Å². The van der Waals surface area contributed by atoms with Gasteiger partial charge in [0.1, 0.15) is 12.1 Å². The van der Waals surface area contributed by atoms with Gasteiger partial charge in [-0.15, -0.1) is 0 Å². The Morgan fingerprint density at radius 1 is 1.06 bits per heavy atom. The fourth-order valence-electron chi connectivity index (χ4n) is 3.73. The zero-order valence-corrected chi connectivity index (χ0v) is 20.2. The molecular weight excluding hydrogens is 410 g/mol. The van der Waals surface area contributed by atoms with Crippen molar-refractivity contribution in [2.24, 2.45) is 5.41 Å². The van der Waals surface area contributed by atoms with Crippen LogP contribution < -0.4 is 5.32 Å². The van der Waals surface area contributed by atoms with Gasteiger partial charge in [-0.25, -0.2) is 4.79 Å². The Kier molecular flexibility index (Phi) is 8.66. The number of nitrogens with zero attached hydrogens (tertiary/aromatic N) is 2. The summed E-state index contributed by atoms with van der Waals surface area (Å²) in [7, 11) is 3.00. The first-order valence-electron chi connectivity index (χ1n) is 11.0. The maximum Gasteiger partial charge on any atom is 0.410 e. The SMILES string of the molecule is COC(=O)CN(Cc1ccccc1CN(C)C(=O)OC(C)(C)C)C(=O)C1(C)CCNCC1. The number of nitrogens with one attached hydrogen (secondary N) is 1. The lowest BCUT2D eigenvalue weighted by molar-refractivity contribution is -0.152. The molecule has 1 saturated heterocycles. The van der Waals surface area contributed by atoms with E-state index in [-0.39, 0.29) is 19.0 Å². The molecule has 0 atom stereocenters. The fourth-order valence-corrected chi connectivity index (χ4v) is 3.73. The third-order valence-electron chi connectivity index (χ3n) is 5.65. The predicted octanol–water partition coefficient (Wildman–Crippen LogP) is 2.94. The average Bonchev–Trinajstić information content (AvgIpc) is 2.73. The minimum absolute atomic E-state index is 0.0558. The van der Waals surface area contributed by atoms with Gasteiger partial charge in [0, 0.05) is 25.6 Å². The first kappa shape index (κ1) is 25.6. The highest BCUT2D eigenvalue weighted by Gasteiger charge is 2.38. The van der Waals surface area contributed by atoms with E-state index in [0.717, 1.165) is 24.2 Å². The molecule has 0 spiro atoms. The molecular formula is C24H37N3O5. The molecule has 1 heterocycles. The molecule has 0 aliphatic carbocycles. The van der Waals surface area contributed by atoms with Gasteiger partial charge in [-0.1, -0.05) is 31.2 Å². The van der Waals surface area contributed by atoms with Crippen molar-refractivity contribution < 1.29 is 23.9 Å². The molecule has 32 heavy (non-hydrogen) atoms. The Balaban J connectivity index is 2.23. The van der Waals surface area contributed by atoms with Crippen LogP contribution in [-0.4, -0.2) is 67.2 Å². The van der Waals surface area contributed by atoms with E-state index < -0.39 is 23.1 Å². The van der Waals surface area contributed by atoms with E-state index in [2.05, 4.69) is 5.32 Å². The second-order valence-electron chi connectivity index (χ2n) is 9.65. The van der Waals surface area contributed by atoms with Crippen LogP contribution in [0.25, 0.3) is 0 Å². The molecule has 0 unspecified atom stereocenters. The lowest BCUT2D eigenvalue weighted by Gasteiger charge is -2.37. The van der Waals surface area contributed by atoms with E-state index >= 15 is 0 Å². The van der Waals surface area contributed by atoms with Crippen LogP contribution in [0.3, 0.4) is 0 Å². The van der Waals surface area contributed by atoms with Gasteiger partial charge >= 0.3 is 12.1 Å². The van der Waals surface area contributed by atoms with E-state index in [1.165, 1.54) is 12.0 Å². The van der Waals surface area contributed by atoms with Gasteiger partial charge in [0.05, 0.1) is 7.11 Å². The first-order valence-corrected chi connectivity index (χ1v) is 11.0. The summed E-state index contributed by atoms with van der Waals surface area (Å²) in [6.07, 6.45) is 1.01. The van der Waals surface area contributed by atoms with Crippen LogP contribution in [0.15, 0.2) is 24.3 Å². The summed E-state index contributed by atoms with van der Waals surface area (Å²) in [5.41, 5.74) is 0.650. The number of piperidine rings is 1. The van der Waals surface area contributed by atoms with E-state index in [4.69, 9.17) is 9.47 Å². The van der Waals surface area contributed by atoms with Crippen LogP contribution in [0.4, 0.5) is 4.79 Å². The molecule has 0 radical (unpaired) electrons. The molecule has 2 rings (SSSR count). The second-order valence-corrected chi connectivity index (χ2v) is 9.65. The summed E-state index contributed by atoms with van der Waals surface area (Å²) in [5, 5.41) is 3.28. The van der Waals surface area contributed by atoms with Crippen LogP contribution in [0, 0.1) is 5.41 Å². The van der Waals surface area contributed by atoms with Gasteiger partial charge < -0.3 is 24.6 Å². The highest BCUT2D eigenvalue weighted by atomic mass is 16.6. The number of methoxy groups -OCH3 is 1. The molecule has 2 amide bonds. The Morgan fingerprint density at radius 2 is 1.62 bits per heavy atom. The van der Waals surface area contributed by atoms with E-state index in [1.54, 1.807) is 11.9 Å². The molecule has 1 fully saturated rings. The highest BCUT2D eigenvalue weighted by molar-refractivity contribution is 5.86.